The number of aromatic nitrogens is 1. The summed E-state index contributed by atoms with van der Waals surface area (Å²) in [5.41, 5.74) is 3.08. The lowest BCUT2D eigenvalue weighted by atomic mass is 10.00. The topological polar surface area (TPSA) is 53.4 Å². The van der Waals surface area contributed by atoms with Crippen LogP contribution in [-0.4, -0.2) is 34.0 Å². The van der Waals surface area contributed by atoms with Crippen molar-refractivity contribution in [3.63, 3.8) is 0 Å². The fourth-order valence-corrected chi connectivity index (χ4v) is 2.80. The molecule has 0 radical (unpaired) electrons. The van der Waals surface area contributed by atoms with Crippen molar-refractivity contribution in [2.24, 2.45) is 0 Å². The second-order valence-electron chi connectivity index (χ2n) is 5.73. The van der Waals surface area contributed by atoms with Gasteiger partial charge in [0.25, 0.3) is 5.91 Å². The molecule has 1 amide bonds. The van der Waals surface area contributed by atoms with Gasteiger partial charge in [0.15, 0.2) is 6.10 Å². The predicted octanol–water partition coefficient (Wildman–Crippen LogP) is 2.82. The first kappa shape index (κ1) is 15.4. The van der Waals surface area contributed by atoms with Crippen LogP contribution in [0.5, 0.6) is 0 Å². The van der Waals surface area contributed by atoms with Crippen molar-refractivity contribution < 1.29 is 9.90 Å². The quantitative estimate of drug-likeness (QED) is 0.948. The van der Waals surface area contributed by atoms with Crippen LogP contribution in [0, 0.1) is 0 Å². The number of piperidine rings is 1. The summed E-state index contributed by atoms with van der Waals surface area (Å²) < 4.78 is 0. The molecule has 1 fully saturated rings. The average Bonchev–Trinajstić information content (AvgIpc) is 2.63. The molecule has 3 rings (SSSR count). The summed E-state index contributed by atoms with van der Waals surface area (Å²) in [6.45, 7) is 1.30. The zero-order chi connectivity index (χ0) is 16.1. The molecule has 2 aromatic rings. The molecule has 1 atom stereocenters. The number of carbonyl (C=O) groups is 1. The van der Waals surface area contributed by atoms with E-state index in [9.17, 15) is 9.90 Å². The third-order valence-corrected chi connectivity index (χ3v) is 4.12. The van der Waals surface area contributed by atoms with Gasteiger partial charge in [0.05, 0.1) is 0 Å². The Morgan fingerprint density at radius 1 is 1.13 bits per heavy atom. The third kappa shape index (κ3) is 3.85. The van der Waals surface area contributed by atoms with Crippen LogP contribution in [0.4, 0.5) is 0 Å². The number of amides is 1. The van der Waals surface area contributed by atoms with Crippen molar-refractivity contribution in [3.05, 3.63) is 71.6 Å². The Balaban J connectivity index is 1.60. The van der Waals surface area contributed by atoms with Crippen molar-refractivity contribution in [2.45, 2.75) is 18.9 Å². The Morgan fingerprint density at radius 2 is 1.87 bits per heavy atom. The van der Waals surface area contributed by atoms with E-state index in [-0.39, 0.29) is 5.91 Å². The van der Waals surface area contributed by atoms with Crippen LogP contribution in [0.2, 0.25) is 0 Å². The van der Waals surface area contributed by atoms with Crippen molar-refractivity contribution in [3.8, 4) is 0 Å². The zero-order valence-electron chi connectivity index (χ0n) is 12.9. The highest BCUT2D eigenvalue weighted by molar-refractivity contribution is 5.82. The molecule has 1 aromatic heterocycles. The van der Waals surface area contributed by atoms with Crippen LogP contribution in [0.15, 0.2) is 60.4 Å². The second-order valence-corrected chi connectivity index (χ2v) is 5.73. The van der Waals surface area contributed by atoms with E-state index in [2.05, 4.69) is 23.2 Å². The average molecular weight is 308 g/mol. The molecule has 1 N–H and O–H groups in total. The van der Waals surface area contributed by atoms with E-state index in [4.69, 9.17) is 0 Å². The number of benzene rings is 1. The molecule has 0 aliphatic carbocycles. The maximum atomic E-state index is 12.4. The van der Waals surface area contributed by atoms with Gasteiger partial charge in [-0.25, -0.2) is 0 Å². The van der Waals surface area contributed by atoms with Gasteiger partial charge in [0.2, 0.25) is 0 Å². The first-order valence-corrected chi connectivity index (χ1v) is 7.85. The van der Waals surface area contributed by atoms with Crippen LogP contribution >= 0.6 is 0 Å². The second kappa shape index (κ2) is 7.20. The first-order valence-electron chi connectivity index (χ1n) is 7.85. The van der Waals surface area contributed by atoms with E-state index in [1.54, 1.807) is 23.2 Å². The van der Waals surface area contributed by atoms with Gasteiger partial charge in [-0.15, -0.1) is 0 Å². The summed E-state index contributed by atoms with van der Waals surface area (Å²) in [5.74, 6) is -0.239. The Hall–Kier alpha value is -2.46. The number of hydrogen-bond donors (Lipinski definition) is 1. The largest absolute Gasteiger partial charge is 0.378 e. The smallest absolute Gasteiger partial charge is 0.256 e. The highest BCUT2D eigenvalue weighted by Crippen LogP contribution is 2.22. The van der Waals surface area contributed by atoms with Gasteiger partial charge >= 0.3 is 0 Å². The number of likely N-dealkylation sites (tertiary alicyclic amines) is 1. The van der Waals surface area contributed by atoms with Gasteiger partial charge < -0.3 is 10.0 Å². The molecule has 0 bridgehead atoms. The van der Waals surface area contributed by atoms with Gasteiger partial charge in [-0.3, -0.25) is 9.78 Å². The van der Waals surface area contributed by atoms with Crippen molar-refractivity contribution >= 4 is 12.0 Å². The molecule has 118 valence electrons. The molecule has 1 aromatic carbocycles. The summed E-state index contributed by atoms with van der Waals surface area (Å²) in [5, 5.41) is 10.2. The lowest BCUT2D eigenvalue weighted by Gasteiger charge is -2.30. The van der Waals surface area contributed by atoms with Gasteiger partial charge in [0.1, 0.15) is 0 Å². The van der Waals surface area contributed by atoms with Gasteiger partial charge in [-0.1, -0.05) is 48.0 Å². The molecular formula is C19H20N2O2. The molecule has 4 heteroatoms. The Bertz CT molecular complexity index is 673. The number of rotatable bonds is 3. The fraction of sp³-hybridized carbons (Fsp3) is 0.263. The van der Waals surface area contributed by atoms with E-state index in [1.807, 2.05) is 18.2 Å². The molecule has 1 aliphatic heterocycles. The Morgan fingerprint density at radius 3 is 2.52 bits per heavy atom. The van der Waals surface area contributed by atoms with E-state index in [1.165, 1.54) is 17.3 Å². The fourth-order valence-electron chi connectivity index (χ4n) is 2.80. The Labute approximate surface area is 136 Å². The summed E-state index contributed by atoms with van der Waals surface area (Å²) in [7, 11) is 0. The van der Waals surface area contributed by atoms with E-state index < -0.39 is 6.10 Å². The molecule has 0 spiro atoms. The van der Waals surface area contributed by atoms with Gasteiger partial charge in [-0.05, 0) is 24.5 Å². The minimum Gasteiger partial charge on any atom is -0.378 e. The summed E-state index contributed by atoms with van der Waals surface area (Å²) in [6, 6.07) is 13.7. The number of pyridine rings is 1. The lowest BCUT2D eigenvalue weighted by molar-refractivity contribution is -0.141. The minimum absolute atomic E-state index is 0.239. The SMILES string of the molecule is O=C(C(O)c1cccnc1)N1CCC(=Cc2ccccc2)CC1. The minimum atomic E-state index is -1.12. The van der Waals surface area contributed by atoms with Crippen LogP contribution in [-0.2, 0) is 4.79 Å². The molecule has 1 unspecified atom stereocenters. The maximum Gasteiger partial charge on any atom is 0.256 e. The number of nitrogens with zero attached hydrogens (tertiary/aromatic N) is 2. The number of aliphatic hydroxyl groups is 1. The Kier molecular flexibility index (Phi) is 4.83. The van der Waals surface area contributed by atoms with E-state index in [0.29, 0.717) is 18.7 Å². The monoisotopic (exact) mass is 308 g/mol. The van der Waals surface area contributed by atoms with Crippen LogP contribution in [0.3, 0.4) is 0 Å². The van der Waals surface area contributed by atoms with E-state index in [0.717, 1.165) is 12.8 Å². The van der Waals surface area contributed by atoms with Crippen LogP contribution < -0.4 is 0 Å². The molecule has 1 saturated heterocycles. The highest BCUT2D eigenvalue weighted by Gasteiger charge is 2.26. The highest BCUT2D eigenvalue weighted by atomic mass is 16.3. The lowest BCUT2D eigenvalue weighted by Crippen LogP contribution is -2.39. The standard InChI is InChI=1S/C19H20N2O2/c22-18(17-7-4-10-20-14-17)19(23)21-11-8-16(9-12-21)13-15-5-2-1-3-6-15/h1-7,10,13-14,18,22H,8-9,11-12H2. The number of carbonyl (C=O) groups excluding carboxylic acids is 1. The van der Waals surface area contributed by atoms with Crippen LogP contribution in [0.25, 0.3) is 6.08 Å². The zero-order valence-corrected chi connectivity index (χ0v) is 12.9. The van der Waals surface area contributed by atoms with Gasteiger partial charge in [-0.2, -0.15) is 0 Å². The molecule has 1 aliphatic rings. The van der Waals surface area contributed by atoms with Crippen molar-refractivity contribution in [1.82, 2.24) is 9.88 Å². The molecule has 23 heavy (non-hydrogen) atoms. The molecule has 2 heterocycles. The first-order chi connectivity index (χ1) is 11.2. The maximum absolute atomic E-state index is 12.4. The normalized spacial score (nSPS) is 16.0. The molecular weight excluding hydrogens is 288 g/mol. The molecule has 4 nitrogen and oxygen atoms in total. The van der Waals surface area contributed by atoms with Crippen LogP contribution in [0.1, 0.15) is 30.1 Å². The predicted molar refractivity (Wildman–Crippen MR) is 89.4 cm³/mol. The summed E-state index contributed by atoms with van der Waals surface area (Å²) >= 11 is 0. The number of hydrogen-bond acceptors (Lipinski definition) is 3. The number of aliphatic hydroxyl groups excluding tert-OH is 1. The van der Waals surface area contributed by atoms with Crippen molar-refractivity contribution in [1.29, 1.82) is 0 Å². The van der Waals surface area contributed by atoms with Gasteiger partial charge in [0, 0.05) is 31.0 Å². The summed E-state index contributed by atoms with van der Waals surface area (Å²) in [6.07, 6.45) is 5.93. The van der Waals surface area contributed by atoms with E-state index >= 15 is 0 Å². The summed E-state index contributed by atoms with van der Waals surface area (Å²) in [4.78, 5) is 18.1. The molecule has 0 saturated carbocycles. The van der Waals surface area contributed by atoms with Crippen molar-refractivity contribution in [2.75, 3.05) is 13.1 Å². The third-order valence-electron chi connectivity index (χ3n) is 4.12.